The lowest BCUT2D eigenvalue weighted by molar-refractivity contribution is 0.584. The molecule has 0 aromatic rings. The molecule has 0 saturated carbocycles. The second-order valence-electron chi connectivity index (χ2n) is 2.22. The molecule has 0 fully saturated rings. The van der Waals surface area contributed by atoms with E-state index in [-0.39, 0.29) is 5.25 Å². The topological polar surface area (TPSA) is 60.2 Å². The van der Waals surface area contributed by atoms with Crippen molar-refractivity contribution in [2.75, 3.05) is 12.8 Å². The molecule has 0 aliphatic heterocycles. The van der Waals surface area contributed by atoms with E-state index in [1.807, 2.05) is 0 Å². The fourth-order valence-electron chi connectivity index (χ4n) is 0.449. The van der Waals surface area contributed by atoms with Gasteiger partial charge in [0.15, 0.2) is 0 Å². The molecule has 0 heterocycles. The quantitative estimate of drug-likeness (QED) is 0.606. The molecule has 3 nitrogen and oxygen atoms in total. The van der Waals surface area contributed by atoms with Crippen LogP contribution in [0.4, 0.5) is 0 Å². The number of hydrogen-bond donors (Lipinski definition) is 1. The van der Waals surface area contributed by atoms with Crippen LogP contribution >= 0.6 is 0 Å². The van der Waals surface area contributed by atoms with Gasteiger partial charge >= 0.3 is 0 Å². The monoisotopic (exact) mass is 151 g/mol. The van der Waals surface area contributed by atoms with Gasteiger partial charge in [0.1, 0.15) is 9.84 Å². The number of rotatable bonds is 3. The molecule has 0 spiro atoms. The Balaban J connectivity index is 3.90. The highest BCUT2D eigenvalue weighted by molar-refractivity contribution is 7.91. The number of sulfone groups is 1. The average molecular weight is 151 g/mol. The molecule has 1 unspecified atom stereocenters. The first-order valence-electron chi connectivity index (χ1n) is 2.87. The van der Waals surface area contributed by atoms with Gasteiger partial charge in [-0.15, -0.1) is 0 Å². The summed E-state index contributed by atoms with van der Waals surface area (Å²) in [6.07, 6.45) is 1.78. The van der Waals surface area contributed by atoms with Crippen molar-refractivity contribution in [3.05, 3.63) is 0 Å². The van der Waals surface area contributed by atoms with Gasteiger partial charge in [-0.25, -0.2) is 8.42 Å². The van der Waals surface area contributed by atoms with Crippen molar-refractivity contribution in [1.29, 1.82) is 0 Å². The van der Waals surface area contributed by atoms with Crippen molar-refractivity contribution in [3.8, 4) is 0 Å². The minimum atomic E-state index is -2.84. The molecule has 0 aromatic heterocycles. The molecule has 9 heavy (non-hydrogen) atoms. The Bertz CT molecular complexity index is 162. The van der Waals surface area contributed by atoms with Crippen molar-refractivity contribution in [3.63, 3.8) is 0 Å². The highest BCUT2D eigenvalue weighted by Gasteiger charge is 2.12. The van der Waals surface area contributed by atoms with Crippen LogP contribution < -0.4 is 5.73 Å². The van der Waals surface area contributed by atoms with E-state index < -0.39 is 9.84 Å². The zero-order valence-electron chi connectivity index (χ0n) is 5.79. The first-order chi connectivity index (χ1) is 3.98. The van der Waals surface area contributed by atoms with E-state index in [1.165, 1.54) is 6.26 Å². The van der Waals surface area contributed by atoms with Gasteiger partial charge < -0.3 is 5.73 Å². The van der Waals surface area contributed by atoms with Gasteiger partial charge in [0.25, 0.3) is 0 Å². The molecule has 56 valence electrons. The van der Waals surface area contributed by atoms with E-state index in [0.29, 0.717) is 13.0 Å². The van der Waals surface area contributed by atoms with Crippen LogP contribution in [0.15, 0.2) is 0 Å². The maximum absolute atomic E-state index is 10.7. The molecule has 0 rings (SSSR count). The van der Waals surface area contributed by atoms with Crippen LogP contribution in [0.3, 0.4) is 0 Å². The van der Waals surface area contributed by atoms with Crippen LogP contribution in [0.5, 0.6) is 0 Å². The summed E-state index contributed by atoms with van der Waals surface area (Å²) in [5.41, 5.74) is 5.16. The van der Waals surface area contributed by atoms with E-state index in [2.05, 4.69) is 0 Å². The van der Waals surface area contributed by atoms with E-state index in [4.69, 9.17) is 5.73 Å². The number of hydrogen-bond acceptors (Lipinski definition) is 3. The third kappa shape index (κ3) is 3.48. The van der Waals surface area contributed by atoms with Gasteiger partial charge in [-0.05, 0) is 19.9 Å². The molecular formula is C5H13NO2S. The average Bonchev–Trinajstić information content (AvgIpc) is 1.64. The summed E-state index contributed by atoms with van der Waals surface area (Å²) >= 11 is 0. The fourth-order valence-corrected chi connectivity index (χ4v) is 1.01. The van der Waals surface area contributed by atoms with Gasteiger partial charge in [0.05, 0.1) is 5.25 Å². The van der Waals surface area contributed by atoms with Crippen LogP contribution in [-0.4, -0.2) is 26.5 Å². The SMILES string of the molecule is CC(CCN)S(C)(=O)=O. The van der Waals surface area contributed by atoms with E-state index in [9.17, 15) is 8.42 Å². The van der Waals surface area contributed by atoms with Crippen molar-refractivity contribution in [1.82, 2.24) is 0 Å². The Hall–Kier alpha value is -0.0900. The molecule has 0 aliphatic carbocycles. The normalized spacial score (nSPS) is 15.4. The molecule has 0 aliphatic rings. The minimum absolute atomic E-state index is 0.289. The summed E-state index contributed by atoms with van der Waals surface area (Å²) < 4.78 is 21.3. The number of nitrogens with two attached hydrogens (primary N) is 1. The Kier molecular flexibility index (Phi) is 3.14. The smallest absolute Gasteiger partial charge is 0.150 e. The van der Waals surface area contributed by atoms with Gasteiger partial charge in [-0.2, -0.15) is 0 Å². The van der Waals surface area contributed by atoms with Gasteiger partial charge in [-0.1, -0.05) is 0 Å². The van der Waals surface area contributed by atoms with Gasteiger partial charge in [0.2, 0.25) is 0 Å². The van der Waals surface area contributed by atoms with E-state index in [1.54, 1.807) is 6.92 Å². The summed E-state index contributed by atoms with van der Waals surface area (Å²) in [6, 6.07) is 0. The summed E-state index contributed by atoms with van der Waals surface area (Å²) in [6.45, 7) is 2.11. The van der Waals surface area contributed by atoms with Crippen molar-refractivity contribution >= 4 is 9.84 Å². The van der Waals surface area contributed by atoms with E-state index >= 15 is 0 Å². The molecule has 0 amide bonds. The summed E-state index contributed by atoms with van der Waals surface area (Å²) in [5.74, 6) is 0. The van der Waals surface area contributed by atoms with Crippen molar-refractivity contribution in [2.45, 2.75) is 18.6 Å². The molecule has 0 saturated heterocycles. The Morgan fingerprint density at radius 1 is 1.56 bits per heavy atom. The van der Waals surface area contributed by atoms with Crippen LogP contribution in [-0.2, 0) is 9.84 Å². The first kappa shape index (κ1) is 8.91. The highest BCUT2D eigenvalue weighted by Crippen LogP contribution is 2.00. The van der Waals surface area contributed by atoms with Gasteiger partial charge in [0, 0.05) is 6.26 Å². The molecule has 2 N–H and O–H groups in total. The Labute approximate surface area is 56.2 Å². The fraction of sp³-hybridized carbons (Fsp3) is 1.00. The zero-order valence-corrected chi connectivity index (χ0v) is 6.61. The first-order valence-corrected chi connectivity index (χ1v) is 4.83. The van der Waals surface area contributed by atoms with Crippen molar-refractivity contribution < 1.29 is 8.42 Å². The summed E-state index contributed by atoms with van der Waals surface area (Å²) in [7, 11) is -2.84. The predicted octanol–water partition coefficient (Wildman–Crippen LogP) is -0.232. The molecule has 0 aromatic carbocycles. The Morgan fingerprint density at radius 3 is 2.11 bits per heavy atom. The second kappa shape index (κ2) is 3.17. The maximum atomic E-state index is 10.7. The predicted molar refractivity (Wildman–Crippen MR) is 38.0 cm³/mol. The van der Waals surface area contributed by atoms with Crippen LogP contribution in [0.1, 0.15) is 13.3 Å². The third-order valence-electron chi connectivity index (χ3n) is 1.30. The molecule has 0 radical (unpaired) electrons. The minimum Gasteiger partial charge on any atom is -0.330 e. The molecule has 1 atom stereocenters. The lowest BCUT2D eigenvalue weighted by atomic mass is 10.3. The van der Waals surface area contributed by atoms with Crippen molar-refractivity contribution in [2.24, 2.45) is 5.73 Å². The lowest BCUT2D eigenvalue weighted by Gasteiger charge is -2.05. The largest absolute Gasteiger partial charge is 0.330 e. The summed E-state index contributed by atoms with van der Waals surface area (Å²) in [4.78, 5) is 0. The van der Waals surface area contributed by atoms with Crippen LogP contribution in [0.25, 0.3) is 0 Å². The summed E-state index contributed by atoms with van der Waals surface area (Å²) in [5, 5.41) is -0.289. The third-order valence-corrected chi connectivity index (χ3v) is 3.00. The zero-order chi connectivity index (χ0) is 7.49. The maximum Gasteiger partial charge on any atom is 0.150 e. The van der Waals surface area contributed by atoms with Gasteiger partial charge in [-0.3, -0.25) is 0 Å². The molecular weight excluding hydrogens is 138 g/mol. The Morgan fingerprint density at radius 2 is 2.00 bits per heavy atom. The van der Waals surface area contributed by atoms with Crippen LogP contribution in [0.2, 0.25) is 0 Å². The van der Waals surface area contributed by atoms with E-state index in [0.717, 1.165) is 0 Å². The lowest BCUT2D eigenvalue weighted by Crippen LogP contribution is -2.19. The standard InChI is InChI=1S/C5H13NO2S/c1-5(3-4-6)9(2,7)8/h5H,3-4,6H2,1-2H3. The van der Waals surface area contributed by atoms with Crippen LogP contribution in [0, 0.1) is 0 Å². The molecule has 0 bridgehead atoms. The molecule has 4 heteroatoms. The highest BCUT2D eigenvalue weighted by atomic mass is 32.2. The second-order valence-corrected chi connectivity index (χ2v) is 4.68.